The van der Waals surface area contributed by atoms with Crippen LogP contribution in [0.2, 0.25) is 0 Å². The third kappa shape index (κ3) is 2.78. The van der Waals surface area contributed by atoms with Gasteiger partial charge in [-0.05, 0) is 19.1 Å². The number of aromatic nitrogens is 2. The van der Waals surface area contributed by atoms with Crippen molar-refractivity contribution in [2.24, 2.45) is 5.73 Å². The SMILES string of the molecule is Cc1nc2sccn2c1C1C(C#N)=C(N)NC(Sc2ccccc2O)=C1C#N. The number of thiazole rings is 1. The van der Waals surface area contributed by atoms with Crippen molar-refractivity contribution in [1.29, 1.82) is 10.5 Å². The average Bonchev–Trinajstić information content (AvgIpc) is 3.23. The molecule has 0 radical (unpaired) electrons. The number of aryl methyl sites for hydroxylation is 1. The summed E-state index contributed by atoms with van der Waals surface area (Å²) >= 11 is 2.68. The molecule has 28 heavy (non-hydrogen) atoms. The van der Waals surface area contributed by atoms with Crippen molar-refractivity contribution in [3.8, 4) is 17.9 Å². The summed E-state index contributed by atoms with van der Waals surface area (Å²) in [5, 5.41) is 35.2. The molecule has 3 aromatic rings. The molecule has 138 valence electrons. The Morgan fingerprint density at radius 1 is 1.29 bits per heavy atom. The molecule has 1 aromatic carbocycles. The number of hydrogen-bond donors (Lipinski definition) is 3. The highest BCUT2D eigenvalue weighted by Gasteiger charge is 2.35. The number of benzene rings is 1. The van der Waals surface area contributed by atoms with Gasteiger partial charge in [0.1, 0.15) is 11.6 Å². The molecule has 0 fully saturated rings. The van der Waals surface area contributed by atoms with E-state index < -0.39 is 5.92 Å². The predicted octanol–water partition coefficient (Wildman–Crippen LogP) is 3.32. The van der Waals surface area contributed by atoms with Crippen LogP contribution in [0.1, 0.15) is 17.3 Å². The predicted molar refractivity (Wildman–Crippen MR) is 107 cm³/mol. The number of aromatic hydroxyl groups is 1. The Labute approximate surface area is 169 Å². The number of nitrogens with one attached hydrogen (secondary N) is 1. The largest absolute Gasteiger partial charge is 0.507 e. The van der Waals surface area contributed by atoms with Gasteiger partial charge in [0, 0.05) is 11.6 Å². The minimum Gasteiger partial charge on any atom is -0.507 e. The van der Waals surface area contributed by atoms with Crippen LogP contribution in [0.25, 0.3) is 4.96 Å². The Morgan fingerprint density at radius 3 is 2.75 bits per heavy atom. The number of rotatable bonds is 3. The molecule has 0 saturated carbocycles. The Hall–Kier alpha value is -3.40. The minimum atomic E-state index is -0.644. The summed E-state index contributed by atoms with van der Waals surface area (Å²) < 4.78 is 1.89. The molecule has 1 unspecified atom stereocenters. The van der Waals surface area contributed by atoms with Gasteiger partial charge in [-0.2, -0.15) is 10.5 Å². The van der Waals surface area contributed by atoms with E-state index in [0.29, 0.717) is 15.5 Å². The average molecular weight is 406 g/mol. The molecule has 1 aliphatic rings. The van der Waals surface area contributed by atoms with Crippen molar-refractivity contribution in [3.63, 3.8) is 0 Å². The minimum absolute atomic E-state index is 0.102. The van der Waals surface area contributed by atoms with Crippen molar-refractivity contribution >= 4 is 28.1 Å². The van der Waals surface area contributed by atoms with E-state index in [0.717, 1.165) is 16.3 Å². The number of nitrogens with zero attached hydrogens (tertiary/aromatic N) is 4. The third-order valence-electron chi connectivity index (χ3n) is 4.44. The molecule has 0 amide bonds. The standard InChI is InChI=1S/C19H14N6OS2/c1-10-16(25-6-7-27-19(25)23-10)15-11(8-20)17(22)24-18(12(15)9-21)28-14-5-3-2-4-13(14)26/h2-7,15,24,26H,22H2,1H3. The van der Waals surface area contributed by atoms with Crippen molar-refractivity contribution in [2.75, 3.05) is 0 Å². The normalized spacial score (nSPS) is 16.8. The van der Waals surface area contributed by atoms with Crippen LogP contribution in [0.3, 0.4) is 0 Å². The van der Waals surface area contributed by atoms with E-state index >= 15 is 0 Å². The number of nitrogens with two attached hydrogens (primary N) is 1. The van der Waals surface area contributed by atoms with Gasteiger partial charge < -0.3 is 16.2 Å². The van der Waals surface area contributed by atoms with Gasteiger partial charge in [0.2, 0.25) is 0 Å². The lowest BCUT2D eigenvalue weighted by Gasteiger charge is -2.26. The summed E-state index contributed by atoms with van der Waals surface area (Å²) in [5.41, 5.74) is 8.26. The third-order valence-corrected chi connectivity index (χ3v) is 6.28. The molecular weight excluding hydrogens is 392 g/mol. The first-order valence-electron chi connectivity index (χ1n) is 8.24. The van der Waals surface area contributed by atoms with Gasteiger partial charge >= 0.3 is 0 Å². The fourth-order valence-corrected chi connectivity index (χ4v) is 4.93. The smallest absolute Gasteiger partial charge is 0.194 e. The lowest BCUT2D eigenvalue weighted by atomic mass is 9.86. The number of fused-ring (bicyclic) bond motifs is 1. The molecule has 0 aliphatic carbocycles. The van der Waals surface area contributed by atoms with E-state index in [1.54, 1.807) is 24.3 Å². The second kappa shape index (κ2) is 6.97. The first kappa shape index (κ1) is 18.0. The summed E-state index contributed by atoms with van der Waals surface area (Å²) in [6.07, 6.45) is 1.87. The van der Waals surface area contributed by atoms with Crippen LogP contribution in [0.5, 0.6) is 5.75 Å². The first-order chi connectivity index (χ1) is 13.5. The lowest BCUT2D eigenvalue weighted by Crippen LogP contribution is -2.30. The maximum absolute atomic E-state index is 10.1. The molecule has 3 heterocycles. The van der Waals surface area contributed by atoms with Crippen LogP contribution in [0.15, 0.2) is 62.7 Å². The number of nitriles is 2. The zero-order valence-electron chi connectivity index (χ0n) is 14.7. The van der Waals surface area contributed by atoms with E-state index in [1.165, 1.54) is 23.1 Å². The monoisotopic (exact) mass is 406 g/mol. The van der Waals surface area contributed by atoms with Crippen molar-refractivity contribution in [2.45, 2.75) is 17.7 Å². The first-order valence-corrected chi connectivity index (χ1v) is 9.93. The van der Waals surface area contributed by atoms with Gasteiger partial charge in [-0.1, -0.05) is 23.9 Å². The van der Waals surface area contributed by atoms with Crippen LogP contribution in [-0.4, -0.2) is 14.5 Å². The second-order valence-electron chi connectivity index (χ2n) is 6.06. The molecule has 1 atom stereocenters. The molecule has 4 rings (SSSR count). The molecule has 0 saturated heterocycles. The summed E-state index contributed by atoms with van der Waals surface area (Å²) in [5.74, 6) is -0.353. The van der Waals surface area contributed by atoms with E-state index in [1.807, 2.05) is 22.9 Å². The molecule has 7 nitrogen and oxygen atoms in total. The zero-order valence-corrected chi connectivity index (χ0v) is 16.3. The summed E-state index contributed by atoms with van der Waals surface area (Å²) in [7, 11) is 0. The fourth-order valence-electron chi connectivity index (χ4n) is 3.19. The second-order valence-corrected chi connectivity index (χ2v) is 7.98. The number of imidazole rings is 1. The van der Waals surface area contributed by atoms with Gasteiger partial charge in [0.15, 0.2) is 4.96 Å². The molecular formula is C19H14N6OS2. The highest BCUT2D eigenvalue weighted by Crippen LogP contribution is 2.43. The van der Waals surface area contributed by atoms with Gasteiger partial charge in [0.05, 0.1) is 50.5 Å². The lowest BCUT2D eigenvalue weighted by molar-refractivity contribution is 0.462. The molecule has 0 spiro atoms. The molecule has 9 heteroatoms. The quantitative estimate of drug-likeness (QED) is 0.609. The van der Waals surface area contributed by atoms with Crippen LogP contribution >= 0.6 is 23.1 Å². The van der Waals surface area contributed by atoms with Crippen LogP contribution in [0, 0.1) is 29.6 Å². The Balaban J connectivity index is 1.92. The number of allylic oxidation sites excluding steroid dienone is 2. The number of thioether (sulfide) groups is 1. The van der Waals surface area contributed by atoms with E-state index in [9.17, 15) is 15.6 Å². The van der Waals surface area contributed by atoms with Crippen LogP contribution < -0.4 is 11.1 Å². The van der Waals surface area contributed by atoms with Crippen molar-refractivity contribution in [1.82, 2.24) is 14.7 Å². The summed E-state index contributed by atoms with van der Waals surface area (Å²) in [6, 6.07) is 11.2. The number of phenolic OH excluding ortho intramolecular Hbond substituents is 1. The van der Waals surface area contributed by atoms with Crippen LogP contribution in [0.4, 0.5) is 0 Å². The highest BCUT2D eigenvalue weighted by atomic mass is 32.2. The number of para-hydroxylation sites is 1. The van der Waals surface area contributed by atoms with Gasteiger partial charge in [0.25, 0.3) is 0 Å². The van der Waals surface area contributed by atoms with Crippen molar-refractivity contribution in [3.05, 3.63) is 69.2 Å². The van der Waals surface area contributed by atoms with E-state index in [2.05, 4.69) is 22.4 Å². The van der Waals surface area contributed by atoms with Crippen LogP contribution in [-0.2, 0) is 0 Å². The maximum Gasteiger partial charge on any atom is 0.194 e. The van der Waals surface area contributed by atoms with E-state index in [4.69, 9.17) is 5.73 Å². The number of phenols is 1. The fraction of sp³-hybridized carbons (Fsp3) is 0.105. The van der Waals surface area contributed by atoms with Gasteiger partial charge in [-0.15, -0.1) is 11.3 Å². The highest BCUT2D eigenvalue weighted by molar-refractivity contribution is 8.03. The zero-order chi connectivity index (χ0) is 19.8. The van der Waals surface area contributed by atoms with Gasteiger partial charge in [-0.25, -0.2) is 4.98 Å². The van der Waals surface area contributed by atoms with Crippen molar-refractivity contribution < 1.29 is 5.11 Å². The summed E-state index contributed by atoms with van der Waals surface area (Å²) in [6.45, 7) is 1.85. The Bertz CT molecular complexity index is 1240. The molecule has 0 bridgehead atoms. The van der Waals surface area contributed by atoms with E-state index in [-0.39, 0.29) is 17.1 Å². The number of dihydropyridines is 1. The topological polar surface area (TPSA) is 123 Å². The van der Waals surface area contributed by atoms with Gasteiger partial charge in [-0.3, -0.25) is 4.40 Å². The Morgan fingerprint density at radius 2 is 2.04 bits per heavy atom. The molecule has 4 N–H and O–H groups in total. The number of hydrogen-bond acceptors (Lipinski definition) is 8. The molecule has 2 aromatic heterocycles. The maximum atomic E-state index is 10.1. The summed E-state index contributed by atoms with van der Waals surface area (Å²) in [4.78, 5) is 5.91. The molecule has 1 aliphatic heterocycles. The Kier molecular flexibility index (Phi) is 4.47.